The van der Waals surface area contributed by atoms with Crippen LogP contribution >= 0.6 is 11.8 Å². The normalized spacial score (nSPS) is 16.0. The number of hydrogen-bond donors (Lipinski definition) is 1. The Kier molecular flexibility index (Phi) is 6.19. The molecule has 118 valence electrons. The lowest BCUT2D eigenvalue weighted by Crippen LogP contribution is -2.35. The summed E-state index contributed by atoms with van der Waals surface area (Å²) in [6.45, 7) is 10.3. The van der Waals surface area contributed by atoms with Gasteiger partial charge in [0.15, 0.2) is 0 Å². The maximum absolute atomic E-state index is 3.74. The largest absolute Gasteiger partial charge is 0.313 e. The van der Waals surface area contributed by atoms with E-state index in [0.717, 1.165) is 13.0 Å². The van der Waals surface area contributed by atoms with E-state index in [2.05, 4.69) is 63.0 Å². The molecule has 1 aromatic carbocycles. The van der Waals surface area contributed by atoms with E-state index >= 15 is 0 Å². The number of fused-ring (bicyclic) bond motifs is 1. The van der Waals surface area contributed by atoms with Crippen LogP contribution in [0.5, 0.6) is 0 Å². The van der Waals surface area contributed by atoms with Crippen molar-refractivity contribution in [3.63, 3.8) is 0 Å². The molecule has 0 aliphatic heterocycles. The molecule has 0 saturated heterocycles. The van der Waals surface area contributed by atoms with Crippen molar-refractivity contribution in [2.75, 3.05) is 12.3 Å². The van der Waals surface area contributed by atoms with Crippen LogP contribution in [-0.4, -0.2) is 23.1 Å². The van der Waals surface area contributed by atoms with Gasteiger partial charge in [0.1, 0.15) is 0 Å². The van der Waals surface area contributed by atoms with Crippen LogP contribution in [0.3, 0.4) is 0 Å². The molecule has 0 amide bonds. The lowest BCUT2D eigenvalue weighted by molar-refractivity contribution is 0.548. The summed E-state index contributed by atoms with van der Waals surface area (Å²) in [6, 6.07) is 7.77. The number of nitrogens with one attached hydrogen (secondary N) is 1. The Balaban J connectivity index is 1.96. The van der Waals surface area contributed by atoms with Gasteiger partial charge in [-0.25, -0.2) is 0 Å². The third-order valence-electron chi connectivity index (χ3n) is 4.05. The zero-order chi connectivity index (χ0) is 15.3. The van der Waals surface area contributed by atoms with Crippen LogP contribution in [0.2, 0.25) is 0 Å². The van der Waals surface area contributed by atoms with Crippen LogP contribution in [0.1, 0.15) is 57.2 Å². The van der Waals surface area contributed by atoms with E-state index in [0.29, 0.717) is 10.8 Å². The second-order valence-corrected chi connectivity index (χ2v) is 9.08. The lowest BCUT2D eigenvalue weighted by Gasteiger charge is -2.24. The predicted octanol–water partition coefficient (Wildman–Crippen LogP) is 4.62. The summed E-state index contributed by atoms with van der Waals surface area (Å²) in [6.07, 6.45) is 6.29. The van der Waals surface area contributed by atoms with Crippen molar-refractivity contribution in [3.05, 3.63) is 34.9 Å². The maximum Gasteiger partial charge on any atom is 0.0198 e. The van der Waals surface area contributed by atoms with Gasteiger partial charge in [-0.2, -0.15) is 11.8 Å². The average Bonchev–Trinajstić information content (AvgIpc) is 2.88. The highest BCUT2D eigenvalue weighted by molar-refractivity contribution is 8.00. The Hall–Kier alpha value is -0.470. The molecule has 0 heterocycles. The lowest BCUT2D eigenvalue weighted by atomic mass is 10.0. The first-order valence-corrected chi connectivity index (χ1v) is 9.44. The minimum Gasteiger partial charge on any atom is -0.313 e. The Labute approximate surface area is 135 Å². The fraction of sp³-hybridized carbons (Fsp3) is 0.684. The fourth-order valence-electron chi connectivity index (χ4n) is 2.93. The van der Waals surface area contributed by atoms with Crippen molar-refractivity contribution >= 4 is 11.8 Å². The van der Waals surface area contributed by atoms with Gasteiger partial charge in [-0.15, -0.1) is 0 Å². The second-order valence-electron chi connectivity index (χ2n) is 7.24. The molecule has 0 aromatic heterocycles. The topological polar surface area (TPSA) is 12.0 Å². The summed E-state index contributed by atoms with van der Waals surface area (Å²) in [5, 5.41) is 3.74. The molecule has 2 heteroatoms. The van der Waals surface area contributed by atoms with Gasteiger partial charge < -0.3 is 5.32 Å². The molecule has 1 unspecified atom stereocenters. The molecular weight excluding hydrogens is 274 g/mol. The van der Waals surface area contributed by atoms with Crippen LogP contribution in [-0.2, 0) is 19.3 Å². The number of rotatable bonds is 7. The van der Waals surface area contributed by atoms with Gasteiger partial charge in [0.2, 0.25) is 0 Å². The van der Waals surface area contributed by atoms with Gasteiger partial charge in [-0.1, -0.05) is 45.9 Å². The number of hydrogen-bond acceptors (Lipinski definition) is 2. The summed E-state index contributed by atoms with van der Waals surface area (Å²) in [5.74, 6) is 1.20. The van der Waals surface area contributed by atoms with Gasteiger partial charge in [-0.05, 0) is 55.3 Å². The molecule has 1 N–H and O–H groups in total. The van der Waals surface area contributed by atoms with E-state index < -0.39 is 0 Å². The third-order valence-corrected chi connectivity index (χ3v) is 5.48. The molecule has 0 spiro atoms. The summed E-state index contributed by atoms with van der Waals surface area (Å²) < 4.78 is 0.351. The van der Waals surface area contributed by atoms with Crippen LogP contribution in [0.4, 0.5) is 0 Å². The molecule has 2 rings (SSSR count). The molecule has 1 aromatic rings. The summed E-state index contributed by atoms with van der Waals surface area (Å²) in [7, 11) is 0. The molecule has 0 radical (unpaired) electrons. The third kappa shape index (κ3) is 5.67. The molecule has 1 aliphatic rings. The van der Waals surface area contributed by atoms with Crippen molar-refractivity contribution in [3.8, 4) is 0 Å². The SMILES string of the molecule is CCCNC(CSC(C)(C)C)Cc1ccc2c(c1)CCC2. The van der Waals surface area contributed by atoms with Gasteiger partial charge >= 0.3 is 0 Å². The van der Waals surface area contributed by atoms with Gasteiger partial charge in [0, 0.05) is 16.5 Å². The van der Waals surface area contributed by atoms with Crippen molar-refractivity contribution in [2.24, 2.45) is 0 Å². The Morgan fingerprint density at radius 2 is 1.95 bits per heavy atom. The summed E-state index contributed by atoms with van der Waals surface area (Å²) in [5.41, 5.74) is 4.70. The van der Waals surface area contributed by atoms with E-state index in [1.54, 1.807) is 11.1 Å². The van der Waals surface area contributed by atoms with Gasteiger partial charge in [0.05, 0.1) is 0 Å². The molecule has 0 fully saturated rings. The van der Waals surface area contributed by atoms with E-state index in [9.17, 15) is 0 Å². The van der Waals surface area contributed by atoms with E-state index in [-0.39, 0.29) is 0 Å². The van der Waals surface area contributed by atoms with E-state index in [4.69, 9.17) is 0 Å². The van der Waals surface area contributed by atoms with Crippen LogP contribution in [0.25, 0.3) is 0 Å². The fourth-order valence-corrected chi connectivity index (χ4v) is 3.86. The standard InChI is InChI=1S/C19H31NS/c1-5-11-20-18(14-21-19(2,3)4)13-15-9-10-16-7-6-8-17(16)12-15/h9-10,12,18,20H,5-8,11,13-14H2,1-4H3. The van der Waals surface area contributed by atoms with Crippen LogP contribution < -0.4 is 5.32 Å². The highest BCUT2D eigenvalue weighted by Gasteiger charge is 2.17. The highest BCUT2D eigenvalue weighted by Crippen LogP contribution is 2.26. The first kappa shape index (κ1) is 16.9. The number of benzene rings is 1. The first-order valence-electron chi connectivity index (χ1n) is 8.46. The van der Waals surface area contributed by atoms with Crippen LogP contribution in [0, 0.1) is 0 Å². The number of thioether (sulfide) groups is 1. The Bertz CT molecular complexity index is 447. The van der Waals surface area contributed by atoms with Crippen LogP contribution in [0.15, 0.2) is 18.2 Å². The average molecular weight is 306 g/mol. The van der Waals surface area contributed by atoms with Gasteiger partial charge in [0.25, 0.3) is 0 Å². The Morgan fingerprint density at radius 3 is 2.67 bits per heavy atom. The zero-order valence-corrected chi connectivity index (χ0v) is 15.0. The van der Waals surface area contributed by atoms with E-state index in [1.807, 2.05) is 0 Å². The van der Waals surface area contributed by atoms with Crippen molar-refractivity contribution in [1.82, 2.24) is 5.32 Å². The summed E-state index contributed by atoms with van der Waals surface area (Å²) in [4.78, 5) is 0. The minimum atomic E-state index is 0.351. The predicted molar refractivity (Wildman–Crippen MR) is 96.5 cm³/mol. The highest BCUT2D eigenvalue weighted by atomic mass is 32.2. The molecule has 0 bridgehead atoms. The van der Waals surface area contributed by atoms with E-state index in [1.165, 1.54) is 37.0 Å². The molecule has 1 atom stereocenters. The minimum absolute atomic E-state index is 0.351. The van der Waals surface area contributed by atoms with Gasteiger partial charge in [-0.3, -0.25) is 0 Å². The zero-order valence-electron chi connectivity index (χ0n) is 14.2. The smallest absolute Gasteiger partial charge is 0.0198 e. The molecule has 21 heavy (non-hydrogen) atoms. The van der Waals surface area contributed by atoms with Crippen molar-refractivity contribution in [1.29, 1.82) is 0 Å². The molecule has 0 saturated carbocycles. The summed E-state index contributed by atoms with van der Waals surface area (Å²) >= 11 is 2.07. The molecular formula is C19H31NS. The number of aryl methyl sites for hydroxylation is 2. The van der Waals surface area contributed by atoms with Crippen molar-refractivity contribution < 1.29 is 0 Å². The molecule has 1 aliphatic carbocycles. The monoisotopic (exact) mass is 305 g/mol. The maximum atomic E-state index is 3.74. The molecule has 1 nitrogen and oxygen atoms in total. The van der Waals surface area contributed by atoms with Crippen molar-refractivity contribution in [2.45, 2.75) is 70.6 Å². The Morgan fingerprint density at radius 1 is 1.19 bits per heavy atom. The second kappa shape index (κ2) is 7.69. The quantitative estimate of drug-likeness (QED) is 0.789. The first-order chi connectivity index (χ1) is 9.98.